The van der Waals surface area contributed by atoms with Crippen molar-refractivity contribution in [1.29, 1.82) is 0 Å². The standard InChI is InChI=1S/C32H57N11O14/c1-15(2)10-18(26(51)43-22(14-45)29(54)38-17(31(56)57)7-3-4-8-33)39-27(52)19(11-23(46)47)40-28(53)20(12-24(48)49)41-30(55)21(13-44)42-25(50)16(34)6-5-9-37-32(35)36/h15-22,44-45H,3-14,33-34H2,1-2H3,(H,38,54)(H,39,52)(H,40,53)(H,41,55)(H,42,50)(H,43,51)(H,46,47)(H,48,49)(H,56,57)(H4,35,36,37)/t16-,17-,18-,19-,20-,21-,22-/m0/s1. The summed E-state index contributed by atoms with van der Waals surface area (Å²) in [5.41, 5.74) is 21.7. The second-order valence-corrected chi connectivity index (χ2v) is 13.2. The van der Waals surface area contributed by atoms with Gasteiger partial charge in [-0.1, -0.05) is 13.8 Å². The van der Waals surface area contributed by atoms with Gasteiger partial charge in [0.25, 0.3) is 0 Å². The Balaban J connectivity index is 6.01. The van der Waals surface area contributed by atoms with Crippen LogP contribution in [-0.4, -0.2) is 153 Å². The number of hydrogen-bond donors (Lipinski definition) is 15. The van der Waals surface area contributed by atoms with E-state index in [2.05, 4.69) is 26.3 Å². The number of nitrogens with zero attached hydrogens (tertiary/aromatic N) is 1. The average Bonchev–Trinajstić information content (AvgIpc) is 3.11. The molecular weight excluding hydrogens is 762 g/mol. The van der Waals surface area contributed by atoms with E-state index >= 15 is 0 Å². The summed E-state index contributed by atoms with van der Waals surface area (Å²) in [5, 5.41) is 60.8. The minimum Gasteiger partial charge on any atom is -0.481 e. The molecule has 7 atom stereocenters. The van der Waals surface area contributed by atoms with E-state index in [1.165, 1.54) is 0 Å². The molecule has 0 aliphatic carbocycles. The van der Waals surface area contributed by atoms with Crippen LogP contribution in [0.1, 0.15) is 65.2 Å². The summed E-state index contributed by atoms with van der Waals surface area (Å²) < 4.78 is 0. The van der Waals surface area contributed by atoms with Crippen LogP contribution in [0.2, 0.25) is 0 Å². The van der Waals surface area contributed by atoms with Crippen molar-refractivity contribution in [2.24, 2.45) is 33.8 Å². The Morgan fingerprint density at radius 2 is 0.965 bits per heavy atom. The van der Waals surface area contributed by atoms with Gasteiger partial charge in [0.15, 0.2) is 5.96 Å². The van der Waals surface area contributed by atoms with E-state index in [0.717, 1.165) is 0 Å². The van der Waals surface area contributed by atoms with Gasteiger partial charge in [-0.25, -0.2) is 4.79 Å². The molecule has 0 fully saturated rings. The Morgan fingerprint density at radius 1 is 0.561 bits per heavy atom. The number of aliphatic imine (C=N–C) groups is 1. The Bertz CT molecular complexity index is 1430. The van der Waals surface area contributed by atoms with Crippen molar-refractivity contribution in [3.05, 3.63) is 0 Å². The van der Waals surface area contributed by atoms with Crippen LogP contribution < -0.4 is 54.8 Å². The van der Waals surface area contributed by atoms with E-state index < -0.39 is 122 Å². The number of aliphatic hydroxyl groups is 2. The number of unbranched alkanes of at least 4 members (excludes halogenated alkanes) is 1. The van der Waals surface area contributed by atoms with Crippen LogP contribution in [-0.2, 0) is 43.2 Å². The molecule has 19 N–H and O–H groups in total. The van der Waals surface area contributed by atoms with Gasteiger partial charge in [0.2, 0.25) is 35.4 Å². The van der Waals surface area contributed by atoms with E-state index in [1.54, 1.807) is 13.8 Å². The molecule has 25 heteroatoms. The zero-order valence-corrected chi connectivity index (χ0v) is 31.8. The summed E-state index contributed by atoms with van der Waals surface area (Å²) in [6.45, 7) is 1.68. The van der Waals surface area contributed by atoms with E-state index in [0.29, 0.717) is 12.8 Å². The monoisotopic (exact) mass is 819 g/mol. The van der Waals surface area contributed by atoms with Gasteiger partial charge in [-0.3, -0.25) is 43.3 Å². The molecule has 0 radical (unpaired) electrons. The van der Waals surface area contributed by atoms with E-state index in [4.69, 9.17) is 22.9 Å². The Hall–Kier alpha value is -5.66. The first-order chi connectivity index (χ1) is 26.7. The normalized spacial score (nSPS) is 14.6. The van der Waals surface area contributed by atoms with Crippen molar-refractivity contribution in [2.75, 3.05) is 26.3 Å². The number of aliphatic hydroxyl groups excluding tert-OH is 2. The van der Waals surface area contributed by atoms with Crippen molar-refractivity contribution < 1.29 is 68.7 Å². The molecule has 0 saturated carbocycles. The first-order valence-electron chi connectivity index (χ1n) is 17.9. The highest BCUT2D eigenvalue weighted by atomic mass is 16.4. The molecule has 0 aromatic rings. The van der Waals surface area contributed by atoms with Crippen molar-refractivity contribution >= 4 is 59.3 Å². The lowest BCUT2D eigenvalue weighted by Crippen LogP contribution is -2.61. The highest BCUT2D eigenvalue weighted by Gasteiger charge is 2.35. The molecule has 6 amide bonds. The molecule has 324 valence electrons. The molecular formula is C32H57N11O14. The van der Waals surface area contributed by atoms with Crippen molar-refractivity contribution in [3.63, 3.8) is 0 Å². The van der Waals surface area contributed by atoms with Crippen LogP contribution in [0.4, 0.5) is 0 Å². The summed E-state index contributed by atoms with van der Waals surface area (Å²) in [5.74, 6) is -12.1. The van der Waals surface area contributed by atoms with Gasteiger partial charge in [-0.2, -0.15) is 0 Å². The number of amides is 6. The maximum Gasteiger partial charge on any atom is 0.326 e. The zero-order valence-electron chi connectivity index (χ0n) is 31.8. The quantitative estimate of drug-likeness (QED) is 0.0189. The molecule has 0 unspecified atom stereocenters. The minimum atomic E-state index is -2.00. The second-order valence-electron chi connectivity index (χ2n) is 13.2. The minimum absolute atomic E-state index is 0.00102. The molecule has 0 aromatic carbocycles. The highest BCUT2D eigenvalue weighted by molar-refractivity contribution is 5.98. The highest BCUT2D eigenvalue weighted by Crippen LogP contribution is 2.08. The third-order valence-corrected chi connectivity index (χ3v) is 7.86. The summed E-state index contributed by atoms with van der Waals surface area (Å²) in [4.78, 5) is 117. The third-order valence-electron chi connectivity index (χ3n) is 7.86. The van der Waals surface area contributed by atoms with Gasteiger partial charge in [-0.15, -0.1) is 0 Å². The van der Waals surface area contributed by atoms with E-state index in [1.807, 2.05) is 10.6 Å². The summed E-state index contributed by atoms with van der Waals surface area (Å²) in [7, 11) is 0. The molecule has 0 heterocycles. The number of carboxylic acids is 3. The molecule has 0 rings (SSSR count). The Morgan fingerprint density at radius 3 is 1.37 bits per heavy atom. The van der Waals surface area contributed by atoms with Gasteiger partial charge in [0.05, 0.1) is 32.1 Å². The number of carbonyl (C=O) groups is 9. The topological polar surface area (TPSA) is 443 Å². The third kappa shape index (κ3) is 21.3. The number of carboxylic acid groups (broad SMARTS) is 3. The van der Waals surface area contributed by atoms with Crippen LogP contribution >= 0.6 is 0 Å². The number of nitrogens with two attached hydrogens (primary N) is 4. The van der Waals surface area contributed by atoms with Crippen LogP contribution in [0.25, 0.3) is 0 Å². The van der Waals surface area contributed by atoms with Crippen LogP contribution in [0.5, 0.6) is 0 Å². The summed E-state index contributed by atoms with van der Waals surface area (Å²) in [6.07, 6.45) is -1.21. The predicted molar refractivity (Wildman–Crippen MR) is 198 cm³/mol. The van der Waals surface area contributed by atoms with E-state index in [-0.39, 0.29) is 50.7 Å². The summed E-state index contributed by atoms with van der Waals surface area (Å²) >= 11 is 0. The largest absolute Gasteiger partial charge is 0.481 e. The van der Waals surface area contributed by atoms with Crippen molar-refractivity contribution in [2.45, 2.75) is 108 Å². The Kier molecular flexibility index (Phi) is 24.3. The predicted octanol–water partition coefficient (Wildman–Crippen LogP) is -6.53. The molecule has 0 spiro atoms. The molecule has 0 aromatic heterocycles. The van der Waals surface area contributed by atoms with Crippen LogP contribution in [0.3, 0.4) is 0 Å². The van der Waals surface area contributed by atoms with Crippen molar-refractivity contribution in [3.8, 4) is 0 Å². The smallest absolute Gasteiger partial charge is 0.326 e. The number of carbonyl (C=O) groups excluding carboxylic acids is 6. The lowest BCUT2D eigenvalue weighted by molar-refractivity contribution is -0.144. The van der Waals surface area contributed by atoms with Gasteiger partial charge < -0.3 is 80.4 Å². The second kappa shape index (κ2) is 27.0. The molecule has 0 aliphatic rings. The van der Waals surface area contributed by atoms with Gasteiger partial charge in [-0.05, 0) is 51.0 Å². The average molecular weight is 820 g/mol. The maximum atomic E-state index is 13.4. The fraction of sp³-hybridized carbons (Fsp3) is 0.688. The fourth-order valence-electron chi connectivity index (χ4n) is 4.90. The molecule has 0 bridgehead atoms. The van der Waals surface area contributed by atoms with Crippen molar-refractivity contribution in [1.82, 2.24) is 31.9 Å². The van der Waals surface area contributed by atoms with Gasteiger partial charge in [0, 0.05) is 6.54 Å². The molecule has 0 saturated heterocycles. The van der Waals surface area contributed by atoms with Gasteiger partial charge >= 0.3 is 17.9 Å². The molecule has 0 aliphatic heterocycles. The number of guanidine groups is 1. The fourth-order valence-corrected chi connectivity index (χ4v) is 4.90. The lowest BCUT2D eigenvalue weighted by Gasteiger charge is -2.27. The SMILES string of the molecule is CC(C)C[C@H](NC(=O)[C@H](CC(=O)O)NC(=O)[C@H](CC(=O)O)NC(=O)[C@H](CO)NC(=O)[C@@H](N)CCCN=C(N)N)C(=O)N[C@@H](CO)C(=O)N[C@@H](CCCCN)C(=O)O. The molecule has 57 heavy (non-hydrogen) atoms. The number of hydrogen-bond acceptors (Lipinski definition) is 14. The van der Waals surface area contributed by atoms with E-state index in [9.17, 15) is 68.7 Å². The first kappa shape index (κ1) is 51.3. The van der Waals surface area contributed by atoms with Crippen LogP contribution in [0, 0.1) is 5.92 Å². The number of rotatable bonds is 29. The first-order valence-corrected chi connectivity index (χ1v) is 17.9. The zero-order chi connectivity index (χ0) is 43.8. The summed E-state index contributed by atoms with van der Waals surface area (Å²) in [6, 6.07) is -11.5. The van der Waals surface area contributed by atoms with Gasteiger partial charge in [0.1, 0.15) is 36.3 Å². The number of nitrogens with one attached hydrogen (secondary N) is 6. The lowest BCUT2D eigenvalue weighted by atomic mass is 10.0. The molecule has 25 nitrogen and oxygen atoms in total. The number of aliphatic carboxylic acids is 3. The van der Waals surface area contributed by atoms with Crippen LogP contribution in [0.15, 0.2) is 4.99 Å². The maximum absolute atomic E-state index is 13.4. The Labute approximate surface area is 327 Å².